The van der Waals surface area contributed by atoms with Crippen molar-refractivity contribution < 1.29 is 5.11 Å². The third kappa shape index (κ3) is 4.89. The zero-order valence-corrected chi connectivity index (χ0v) is 10.1. The zero-order chi connectivity index (χ0) is 10.3. The van der Waals surface area contributed by atoms with Crippen LogP contribution in [0.4, 0.5) is 0 Å². The van der Waals surface area contributed by atoms with Crippen LogP contribution in [0.5, 0.6) is 0 Å². The van der Waals surface area contributed by atoms with Crippen molar-refractivity contribution in [2.24, 2.45) is 0 Å². The summed E-state index contributed by atoms with van der Waals surface area (Å²) in [6, 6.07) is 0. The highest BCUT2D eigenvalue weighted by Crippen LogP contribution is 2.29. The summed E-state index contributed by atoms with van der Waals surface area (Å²) in [6.45, 7) is 7.95. The molecule has 0 radical (unpaired) electrons. The Morgan fingerprint density at radius 2 is 1.92 bits per heavy atom. The Morgan fingerprint density at radius 1 is 1.38 bits per heavy atom. The van der Waals surface area contributed by atoms with Crippen LogP contribution in [0.1, 0.15) is 33.6 Å². The van der Waals surface area contributed by atoms with Crippen molar-refractivity contribution in [3.8, 4) is 0 Å². The van der Waals surface area contributed by atoms with Crippen molar-refractivity contribution in [3.05, 3.63) is 0 Å². The lowest BCUT2D eigenvalue weighted by Gasteiger charge is -2.30. The van der Waals surface area contributed by atoms with Crippen LogP contribution in [0.3, 0.4) is 0 Å². The van der Waals surface area contributed by atoms with Crippen LogP contribution in [0, 0.1) is 0 Å². The zero-order valence-electron chi connectivity index (χ0n) is 9.26. The van der Waals surface area contributed by atoms with Crippen LogP contribution in [-0.4, -0.2) is 35.3 Å². The molecular weight excluding hydrogens is 182 g/mol. The molecule has 0 rings (SSSR count). The summed E-state index contributed by atoms with van der Waals surface area (Å²) in [5.41, 5.74) is 0. The van der Waals surface area contributed by atoms with Crippen LogP contribution in [0.25, 0.3) is 0 Å². The van der Waals surface area contributed by atoms with E-state index in [1.807, 2.05) is 18.7 Å². The van der Waals surface area contributed by atoms with Crippen molar-refractivity contribution in [3.63, 3.8) is 0 Å². The van der Waals surface area contributed by atoms with Gasteiger partial charge in [0.2, 0.25) is 0 Å². The lowest BCUT2D eigenvalue weighted by molar-refractivity contribution is 0.189. The SMILES string of the molecule is CCC(CC)(CNC[C@@H](C)O)SC. The van der Waals surface area contributed by atoms with E-state index in [9.17, 15) is 0 Å². The van der Waals surface area contributed by atoms with E-state index >= 15 is 0 Å². The second-order valence-corrected chi connectivity index (χ2v) is 4.85. The summed E-state index contributed by atoms with van der Waals surface area (Å²) < 4.78 is 0.356. The molecule has 1 atom stereocenters. The smallest absolute Gasteiger partial charge is 0.0636 e. The van der Waals surface area contributed by atoms with E-state index in [-0.39, 0.29) is 6.10 Å². The van der Waals surface area contributed by atoms with Gasteiger partial charge in [0.1, 0.15) is 0 Å². The predicted molar refractivity (Wildman–Crippen MR) is 61.4 cm³/mol. The molecule has 0 aliphatic carbocycles. The summed E-state index contributed by atoms with van der Waals surface area (Å²) in [6.07, 6.45) is 4.28. The van der Waals surface area contributed by atoms with Gasteiger partial charge < -0.3 is 10.4 Å². The van der Waals surface area contributed by atoms with Crippen LogP contribution in [0.2, 0.25) is 0 Å². The second-order valence-electron chi connectivity index (χ2n) is 3.57. The molecule has 0 bridgehead atoms. The fraction of sp³-hybridized carbons (Fsp3) is 1.00. The molecule has 13 heavy (non-hydrogen) atoms. The first-order chi connectivity index (χ1) is 6.10. The number of rotatable bonds is 7. The number of hydrogen-bond acceptors (Lipinski definition) is 3. The lowest BCUT2D eigenvalue weighted by Crippen LogP contribution is -2.39. The highest BCUT2D eigenvalue weighted by Gasteiger charge is 2.23. The highest BCUT2D eigenvalue weighted by atomic mass is 32.2. The monoisotopic (exact) mass is 205 g/mol. The largest absolute Gasteiger partial charge is 0.392 e. The fourth-order valence-electron chi connectivity index (χ4n) is 1.37. The van der Waals surface area contributed by atoms with E-state index < -0.39 is 0 Å². The van der Waals surface area contributed by atoms with Crippen LogP contribution in [-0.2, 0) is 0 Å². The van der Waals surface area contributed by atoms with Gasteiger partial charge in [-0.25, -0.2) is 0 Å². The summed E-state index contributed by atoms with van der Waals surface area (Å²) >= 11 is 1.92. The quantitative estimate of drug-likeness (QED) is 0.665. The fourth-order valence-corrected chi connectivity index (χ4v) is 2.19. The van der Waals surface area contributed by atoms with E-state index in [1.165, 1.54) is 12.8 Å². The van der Waals surface area contributed by atoms with Gasteiger partial charge in [-0.2, -0.15) is 11.8 Å². The van der Waals surface area contributed by atoms with Crippen molar-refractivity contribution in [2.45, 2.75) is 44.5 Å². The normalized spacial score (nSPS) is 14.5. The first-order valence-corrected chi connectivity index (χ1v) is 6.26. The number of aliphatic hydroxyl groups excluding tert-OH is 1. The Kier molecular flexibility index (Phi) is 6.82. The topological polar surface area (TPSA) is 32.3 Å². The molecule has 0 aromatic carbocycles. The lowest BCUT2D eigenvalue weighted by atomic mass is 10.0. The van der Waals surface area contributed by atoms with Gasteiger partial charge >= 0.3 is 0 Å². The maximum Gasteiger partial charge on any atom is 0.0636 e. The maximum atomic E-state index is 9.10. The molecule has 0 heterocycles. The Labute approximate surface area is 86.5 Å². The Bertz CT molecular complexity index is 116. The Balaban J connectivity index is 3.81. The molecule has 80 valence electrons. The summed E-state index contributed by atoms with van der Waals surface area (Å²) in [5, 5.41) is 12.4. The number of hydrogen-bond donors (Lipinski definition) is 2. The van der Waals surface area contributed by atoms with Crippen molar-refractivity contribution in [2.75, 3.05) is 19.3 Å². The molecule has 3 heteroatoms. The second kappa shape index (κ2) is 6.68. The van der Waals surface area contributed by atoms with E-state index in [0.717, 1.165) is 6.54 Å². The Hall–Kier alpha value is 0.270. The highest BCUT2D eigenvalue weighted by molar-refractivity contribution is 8.00. The summed E-state index contributed by atoms with van der Waals surface area (Å²) in [7, 11) is 0. The molecular formula is C10H23NOS. The molecule has 0 fully saturated rings. The molecule has 0 amide bonds. The van der Waals surface area contributed by atoms with Gasteiger partial charge in [0.05, 0.1) is 6.10 Å². The minimum Gasteiger partial charge on any atom is -0.392 e. The first kappa shape index (κ1) is 13.3. The third-order valence-electron chi connectivity index (χ3n) is 2.61. The molecule has 0 unspecified atom stereocenters. The molecule has 2 nitrogen and oxygen atoms in total. The van der Waals surface area contributed by atoms with E-state index in [2.05, 4.69) is 25.4 Å². The van der Waals surface area contributed by atoms with Gasteiger partial charge in [0, 0.05) is 17.8 Å². The van der Waals surface area contributed by atoms with Gasteiger partial charge in [-0.05, 0) is 26.0 Å². The van der Waals surface area contributed by atoms with Gasteiger partial charge in [0.15, 0.2) is 0 Å². The van der Waals surface area contributed by atoms with E-state index in [0.29, 0.717) is 11.3 Å². The predicted octanol–water partition coefficient (Wildman–Crippen LogP) is 1.88. The standard InChI is InChI=1S/C10H23NOS/c1-5-10(6-2,13-4)8-11-7-9(3)12/h9,11-12H,5-8H2,1-4H3/t9-/m1/s1. The molecule has 0 saturated carbocycles. The van der Waals surface area contributed by atoms with Crippen LogP contribution >= 0.6 is 11.8 Å². The Morgan fingerprint density at radius 3 is 2.23 bits per heavy atom. The van der Waals surface area contributed by atoms with Crippen LogP contribution in [0.15, 0.2) is 0 Å². The summed E-state index contributed by atoms with van der Waals surface area (Å²) in [4.78, 5) is 0. The maximum absolute atomic E-state index is 9.10. The molecule has 0 saturated heterocycles. The third-order valence-corrected chi connectivity index (χ3v) is 4.20. The molecule has 0 aliphatic heterocycles. The van der Waals surface area contributed by atoms with Crippen LogP contribution < -0.4 is 5.32 Å². The molecule has 0 aromatic rings. The number of thioether (sulfide) groups is 1. The summed E-state index contributed by atoms with van der Waals surface area (Å²) in [5.74, 6) is 0. The van der Waals surface area contributed by atoms with E-state index in [4.69, 9.17) is 5.11 Å². The molecule has 0 aliphatic rings. The van der Waals surface area contributed by atoms with Gasteiger partial charge in [-0.3, -0.25) is 0 Å². The molecule has 0 spiro atoms. The average Bonchev–Trinajstić information content (AvgIpc) is 2.13. The van der Waals surface area contributed by atoms with Crippen molar-refractivity contribution in [1.29, 1.82) is 0 Å². The minimum atomic E-state index is -0.242. The number of nitrogens with one attached hydrogen (secondary N) is 1. The van der Waals surface area contributed by atoms with Gasteiger partial charge in [-0.15, -0.1) is 0 Å². The van der Waals surface area contributed by atoms with E-state index in [1.54, 1.807) is 0 Å². The average molecular weight is 205 g/mol. The molecule has 2 N–H and O–H groups in total. The molecule has 0 aromatic heterocycles. The van der Waals surface area contributed by atoms with Gasteiger partial charge in [0.25, 0.3) is 0 Å². The van der Waals surface area contributed by atoms with Gasteiger partial charge in [-0.1, -0.05) is 13.8 Å². The van der Waals surface area contributed by atoms with Crippen molar-refractivity contribution >= 4 is 11.8 Å². The van der Waals surface area contributed by atoms with Crippen molar-refractivity contribution in [1.82, 2.24) is 5.32 Å². The minimum absolute atomic E-state index is 0.242. The first-order valence-electron chi connectivity index (χ1n) is 5.04. The number of aliphatic hydroxyl groups is 1.